The van der Waals surface area contributed by atoms with E-state index in [2.05, 4.69) is 27.3 Å². The number of hydrogen-bond donors (Lipinski definition) is 1. The monoisotopic (exact) mass is 368 g/mol. The number of aromatic nitrogens is 2. The zero-order chi connectivity index (χ0) is 18.6. The maximum atomic E-state index is 5.46. The Morgan fingerprint density at radius 1 is 1.04 bits per heavy atom. The van der Waals surface area contributed by atoms with Crippen LogP contribution in [0.15, 0.2) is 24.4 Å². The minimum Gasteiger partial charge on any atom is -0.493 e. The van der Waals surface area contributed by atoms with Gasteiger partial charge in [-0.3, -0.25) is 0 Å². The number of nitrogens with one attached hydrogen (secondary N) is 1. The van der Waals surface area contributed by atoms with E-state index in [4.69, 9.17) is 14.5 Å². The number of fused-ring (bicyclic) bond motifs is 1. The Morgan fingerprint density at radius 3 is 2.52 bits per heavy atom. The van der Waals surface area contributed by atoms with Crippen LogP contribution in [0.4, 0.5) is 11.8 Å². The van der Waals surface area contributed by atoms with Gasteiger partial charge in [0.15, 0.2) is 11.5 Å². The van der Waals surface area contributed by atoms with E-state index in [1.54, 1.807) is 14.2 Å². The Bertz CT molecular complexity index is 790. The zero-order valence-corrected chi connectivity index (χ0v) is 16.2. The molecule has 0 spiro atoms. The van der Waals surface area contributed by atoms with E-state index in [9.17, 15) is 0 Å². The first-order chi connectivity index (χ1) is 13.3. The minimum atomic E-state index is 0.542. The first kappa shape index (κ1) is 17.9. The summed E-state index contributed by atoms with van der Waals surface area (Å²) in [7, 11) is 3.35. The molecule has 144 valence electrons. The molecule has 27 heavy (non-hydrogen) atoms. The summed E-state index contributed by atoms with van der Waals surface area (Å²) in [6.45, 7) is 1.68. The number of benzene rings is 1. The molecule has 1 aromatic heterocycles. The van der Waals surface area contributed by atoms with Crippen molar-refractivity contribution in [2.75, 3.05) is 31.0 Å². The second-order valence-electron chi connectivity index (χ2n) is 7.37. The summed E-state index contributed by atoms with van der Waals surface area (Å²) >= 11 is 0. The summed E-state index contributed by atoms with van der Waals surface area (Å²) in [5.41, 5.74) is 2.55. The molecule has 1 N–H and O–H groups in total. The first-order valence-corrected chi connectivity index (χ1v) is 9.85. The van der Waals surface area contributed by atoms with E-state index in [1.165, 1.54) is 43.2 Å². The molecule has 2 heterocycles. The standard InChI is InChI=1S/C21H28N4O2/c1-26-18-12-15-9-11-25(14-16(15)13-19(18)27-2)21-22-10-8-20(24-21)23-17-6-4-3-5-7-17/h8,10,12-13,17H,3-7,9,11,14H2,1-2H3,(H,22,23,24). The van der Waals surface area contributed by atoms with Gasteiger partial charge in [0, 0.05) is 25.3 Å². The van der Waals surface area contributed by atoms with Crippen LogP contribution < -0.4 is 19.7 Å². The van der Waals surface area contributed by atoms with Gasteiger partial charge in [-0.25, -0.2) is 4.98 Å². The van der Waals surface area contributed by atoms with Crippen molar-refractivity contribution in [3.8, 4) is 11.5 Å². The number of hydrogen-bond acceptors (Lipinski definition) is 6. The summed E-state index contributed by atoms with van der Waals surface area (Å²) in [6, 6.07) is 6.68. The highest BCUT2D eigenvalue weighted by atomic mass is 16.5. The maximum Gasteiger partial charge on any atom is 0.227 e. The fourth-order valence-electron chi connectivity index (χ4n) is 4.09. The van der Waals surface area contributed by atoms with Gasteiger partial charge in [0.25, 0.3) is 0 Å². The van der Waals surface area contributed by atoms with Crippen LogP contribution in [-0.4, -0.2) is 36.8 Å². The molecular formula is C21H28N4O2. The van der Waals surface area contributed by atoms with Crippen molar-refractivity contribution in [2.45, 2.75) is 51.1 Å². The normalized spacial score (nSPS) is 17.3. The van der Waals surface area contributed by atoms with Gasteiger partial charge >= 0.3 is 0 Å². The molecule has 0 saturated heterocycles. The van der Waals surface area contributed by atoms with Gasteiger partial charge in [0.2, 0.25) is 5.95 Å². The molecule has 0 amide bonds. The lowest BCUT2D eigenvalue weighted by Gasteiger charge is -2.30. The van der Waals surface area contributed by atoms with Crippen molar-refractivity contribution in [2.24, 2.45) is 0 Å². The van der Waals surface area contributed by atoms with Crippen LogP contribution in [-0.2, 0) is 13.0 Å². The second-order valence-corrected chi connectivity index (χ2v) is 7.37. The molecule has 6 heteroatoms. The van der Waals surface area contributed by atoms with Crippen molar-refractivity contribution < 1.29 is 9.47 Å². The number of methoxy groups -OCH3 is 2. The SMILES string of the molecule is COc1cc2c(cc1OC)CN(c1nccc(NC3CCCCC3)n1)CC2. The van der Waals surface area contributed by atoms with Crippen molar-refractivity contribution in [1.82, 2.24) is 9.97 Å². The van der Waals surface area contributed by atoms with E-state index >= 15 is 0 Å². The Kier molecular flexibility index (Phi) is 5.32. The van der Waals surface area contributed by atoms with Gasteiger partial charge in [0.1, 0.15) is 5.82 Å². The molecule has 0 radical (unpaired) electrons. The summed E-state index contributed by atoms with van der Waals surface area (Å²) in [5.74, 6) is 3.28. The van der Waals surface area contributed by atoms with E-state index < -0.39 is 0 Å². The van der Waals surface area contributed by atoms with E-state index in [0.717, 1.165) is 42.8 Å². The lowest BCUT2D eigenvalue weighted by Crippen LogP contribution is -2.32. The highest BCUT2D eigenvalue weighted by Crippen LogP contribution is 2.34. The summed E-state index contributed by atoms with van der Waals surface area (Å²) in [5, 5.41) is 3.60. The number of anilines is 2. The average Bonchev–Trinajstić information content (AvgIpc) is 2.73. The van der Waals surface area contributed by atoms with Gasteiger partial charge in [-0.1, -0.05) is 19.3 Å². The van der Waals surface area contributed by atoms with Gasteiger partial charge in [-0.2, -0.15) is 4.98 Å². The van der Waals surface area contributed by atoms with E-state index in [0.29, 0.717) is 6.04 Å². The molecule has 1 aliphatic heterocycles. The lowest BCUT2D eigenvalue weighted by atomic mass is 9.95. The molecule has 6 nitrogen and oxygen atoms in total. The van der Waals surface area contributed by atoms with Crippen LogP contribution in [0, 0.1) is 0 Å². The molecule has 1 fully saturated rings. The molecule has 4 rings (SSSR count). The van der Waals surface area contributed by atoms with Gasteiger partial charge in [-0.05, 0) is 48.6 Å². The highest BCUT2D eigenvalue weighted by molar-refractivity contribution is 5.51. The van der Waals surface area contributed by atoms with Crippen LogP contribution in [0.2, 0.25) is 0 Å². The van der Waals surface area contributed by atoms with Crippen molar-refractivity contribution in [1.29, 1.82) is 0 Å². The molecule has 0 bridgehead atoms. The Hall–Kier alpha value is -2.50. The van der Waals surface area contributed by atoms with Gasteiger partial charge in [-0.15, -0.1) is 0 Å². The largest absolute Gasteiger partial charge is 0.493 e. The molecule has 2 aliphatic rings. The molecule has 2 aromatic rings. The second kappa shape index (κ2) is 8.03. The van der Waals surface area contributed by atoms with Crippen LogP contribution >= 0.6 is 0 Å². The van der Waals surface area contributed by atoms with Crippen LogP contribution in [0.1, 0.15) is 43.2 Å². The van der Waals surface area contributed by atoms with Crippen LogP contribution in [0.5, 0.6) is 11.5 Å². The fourth-order valence-corrected chi connectivity index (χ4v) is 4.09. The predicted octanol–water partition coefficient (Wildman–Crippen LogP) is 3.80. The zero-order valence-electron chi connectivity index (χ0n) is 16.2. The van der Waals surface area contributed by atoms with E-state index in [-0.39, 0.29) is 0 Å². The third-order valence-corrected chi connectivity index (χ3v) is 5.60. The topological polar surface area (TPSA) is 59.5 Å². The molecule has 0 unspecified atom stereocenters. The van der Waals surface area contributed by atoms with Crippen molar-refractivity contribution in [3.05, 3.63) is 35.5 Å². The van der Waals surface area contributed by atoms with Gasteiger partial charge in [0.05, 0.1) is 14.2 Å². The first-order valence-electron chi connectivity index (χ1n) is 9.85. The maximum absolute atomic E-state index is 5.46. The predicted molar refractivity (Wildman–Crippen MR) is 107 cm³/mol. The summed E-state index contributed by atoms with van der Waals surface area (Å²) in [6.07, 6.45) is 9.25. The third kappa shape index (κ3) is 3.94. The Morgan fingerprint density at radius 2 is 1.78 bits per heavy atom. The smallest absolute Gasteiger partial charge is 0.227 e. The number of ether oxygens (including phenoxy) is 2. The molecule has 0 atom stereocenters. The molecule has 1 aromatic carbocycles. The number of nitrogens with zero attached hydrogens (tertiary/aromatic N) is 3. The van der Waals surface area contributed by atoms with Crippen molar-refractivity contribution >= 4 is 11.8 Å². The molecule has 1 aliphatic carbocycles. The van der Waals surface area contributed by atoms with Gasteiger partial charge < -0.3 is 19.7 Å². The molecular weight excluding hydrogens is 340 g/mol. The van der Waals surface area contributed by atoms with Crippen LogP contribution in [0.3, 0.4) is 0 Å². The lowest BCUT2D eigenvalue weighted by molar-refractivity contribution is 0.353. The minimum absolute atomic E-state index is 0.542. The highest BCUT2D eigenvalue weighted by Gasteiger charge is 2.22. The van der Waals surface area contributed by atoms with Crippen molar-refractivity contribution in [3.63, 3.8) is 0 Å². The fraction of sp³-hybridized carbons (Fsp3) is 0.524. The molecule has 1 saturated carbocycles. The summed E-state index contributed by atoms with van der Waals surface area (Å²) in [4.78, 5) is 11.5. The third-order valence-electron chi connectivity index (χ3n) is 5.60. The Labute approximate surface area is 160 Å². The summed E-state index contributed by atoms with van der Waals surface area (Å²) < 4.78 is 10.9. The number of rotatable bonds is 5. The average molecular weight is 368 g/mol. The van der Waals surface area contributed by atoms with Crippen LogP contribution in [0.25, 0.3) is 0 Å². The Balaban J connectivity index is 1.50. The quantitative estimate of drug-likeness (QED) is 0.866. The van der Waals surface area contributed by atoms with E-state index in [1.807, 2.05) is 12.3 Å².